The van der Waals surface area contributed by atoms with Gasteiger partial charge in [0.05, 0.1) is 12.0 Å². The molecule has 0 unspecified atom stereocenters. The normalized spacial score (nSPS) is 19.9. The van der Waals surface area contributed by atoms with Gasteiger partial charge in [0.2, 0.25) is 5.91 Å². The second kappa shape index (κ2) is 5.97. The third-order valence-electron chi connectivity index (χ3n) is 4.71. The van der Waals surface area contributed by atoms with Crippen LogP contribution in [0.1, 0.15) is 28.7 Å². The molecule has 3 aromatic carbocycles. The van der Waals surface area contributed by atoms with Crippen molar-refractivity contribution in [1.29, 1.82) is 0 Å². The predicted molar refractivity (Wildman–Crippen MR) is 97.0 cm³/mol. The van der Waals surface area contributed by atoms with E-state index in [2.05, 4.69) is 31.2 Å². The Hall–Kier alpha value is -2.87. The highest BCUT2D eigenvalue weighted by molar-refractivity contribution is 6.06. The highest BCUT2D eigenvalue weighted by Gasteiger charge is 2.49. The summed E-state index contributed by atoms with van der Waals surface area (Å²) < 4.78 is 0. The molecule has 2 atom stereocenters. The molecular formula is C22H19NO. The first-order chi connectivity index (χ1) is 11.8. The Labute approximate surface area is 142 Å². The summed E-state index contributed by atoms with van der Waals surface area (Å²) >= 11 is 0. The van der Waals surface area contributed by atoms with Gasteiger partial charge in [0, 0.05) is 5.69 Å². The summed E-state index contributed by atoms with van der Waals surface area (Å²) in [5.74, 6) is 0.0482. The smallest absolute Gasteiger partial charge is 0.237 e. The number of rotatable bonds is 3. The number of para-hydroxylation sites is 1. The van der Waals surface area contributed by atoms with Gasteiger partial charge in [-0.05, 0) is 30.2 Å². The summed E-state index contributed by atoms with van der Waals surface area (Å²) in [6, 6.07) is 28.6. The van der Waals surface area contributed by atoms with Crippen molar-refractivity contribution in [2.45, 2.75) is 18.9 Å². The van der Waals surface area contributed by atoms with E-state index in [1.165, 1.54) is 11.1 Å². The number of nitrogens with zero attached hydrogens (tertiary/aromatic N) is 1. The van der Waals surface area contributed by atoms with Crippen molar-refractivity contribution < 1.29 is 4.79 Å². The lowest BCUT2D eigenvalue weighted by atomic mass is 9.77. The molecule has 0 radical (unpaired) electrons. The van der Waals surface area contributed by atoms with E-state index in [9.17, 15) is 4.79 Å². The van der Waals surface area contributed by atoms with Gasteiger partial charge in [-0.15, -0.1) is 0 Å². The van der Waals surface area contributed by atoms with Crippen molar-refractivity contribution in [2.24, 2.45) is 0 Å². The van der Waals surface area contributed by atoms with Gasteiger partial charge >= 0.3 is 0 Å². The van der Waals surface area contributed by atoms with Crippen molar-refractivity contribution in [1.82, 2.24) is 0 Å². The lowest BCUT2D eigenvalue weighted by molar-refractivity contribution is -0.126. The Kier molecular flexibility index (Phi) is 3.66. The molecule has 2 nitrogen and oxygen atoms in total. The molecule has 1 aliphatic heterocycles. The van der Waals surface area contributed by atoms with Crippen molar-refractivity contribution in [2.75, 3.05) is 4.90 Å². The second-order valence-electron chi connectivity index (χ2n) is 6.29. The highest BCUT2D eigenvalue weighted by atomic mass is 16.2. The SMILES string of the molecule is Cc1ccc([C@H]2[C@@H](c3ccccc3)C(=O)N2c2ccccc2)cc1. The molecule has 118 valence electrons. The van der Waals surface area contributed by atoms with Gasteiger partial charge in [0.15, 0.2) is 0 Å². The molecule has 24 heavy (non-hydrogen) atoms. The molecule has 0 saturated carbocycles. The molecule has 1 fully saturated rings. The Bertz CT molecular complexity index is 791. The van der Waals surface area contributed by atoms with E-state index in [4.69, 9.17) is 0 Å². The quantitative estimate of drug-likeness (QED) is 0.632. The van der Waals surface area contributed by atoms with Gasteiger partial charge in [0.25, 0.3) is 0 Å². The molecule has 0 spiro atoms. The van der Waals surface area contributed by atoms with Crippen molar-refractivity contribution >= 4 is 11.6 Å². The van der Waals surface area contributed by atoms with Crippen LogP contribution in [0.3, 0.4) is 0 Å². The summed E-state index contributed by atoms with van der Waals surface area (Å²) in [7, 11) is 0. The zero-order valence-electron chi connectivity index (χ0n) is 13.6. The Balaban J connectivity index is 1.78. The van der Waals surface area contributed by atoms with Crippen LogP contribution < -0.4 is 4.90 Å². The summed E-state index contributed by atoms with van der Waals surface area (Å²) in [5.41, 5.74) is 4.45. The number of anilines is 1. The first kappa shape index (κ1) is 14.7. The van der Waals surface area contributed by atoms with Crippen LogP contribution in [0, 0.1) is 6.92 Å². The molecule has 1 amide bonds. The molecule has 1 aliphatic rings. The lowest BCUT2D eigenvalue weighted by Crippen LogP contribution is -2.53. The number of β-lactam (4-membered cyclic amide) rings is 1. The minimum Gasteiger partial charge on any atom is -0.303 e. The van der Waals surface area contributed by atoms with Gasteiger partial charge in [-0.3, -0.25) is 4.79 Å². The van der Waals surface area contributed by atoms with E-state index >= 15 is 0 Å². The molecule has 1 saturated heterocycles. The molecular weight excluding hydrogens is 294 g/mol. The number of carbonyl (C=O) groups is 1. The molecule has 0 N–H and O–H groups in total. The van der Waals surface area contributed by atoms with Crippen LogP contribution in [-0.4, -0.2) is 5.91 Å². The van der Waals surface area contributed by atoms with Gasteiger partial charge < -0.3 is 4.90 Å². The highest BCUT2D eigenvalue weighted by Crippen LogP contribution is 2.48. The molecule has 4 rings (SSSR count). The van der Waals surface area contributed by atoms with Crippen LogP contribution in [0.2, 0.25) is 0 Å². The van der Waals surface area contributed by atoms with Gasteiger partial charge in [0.1, 0.15) is 0 Å². The van der Waals surface area contributed by atoms with E-state index < -0.39 is 0 Å². The summed E-state index contributed by atoms with van der Waals surface area (Å²) in [6.07, 6.45) is 0. The fraction of sp³-hybridized carbons (Fsp3) is 0.136. The van der Waals surface area contributed by atoms with E-state index in [0.29, 0.717) is 0 Å². The molecule has 0 bridgehead atoms. The minimum atomic E-state index is -0.117. The maximum Gasteiger partial charge on any atom is 0.237 e. The van der Waals surface area contributed by atoms with Gasteiger partial charge in [-0.25, -0.2) is 0 Å². The standard InChI is InChI=1S/C22H19NO/c1-16-12-14-18(15-13-16)21-20(17-8-4-2-5-9-17)22(24)23(21)19-10-6-3-7-11-19/h2-15,20-21H,1H3/t20-,21+/m1/s1. The Morgan fingerprint density at radius 3 is 1.92 bits per heavy atom. The summed E-state index contributed by atoms with van der Waals surface area (Å²) in [6.45, 7) is 2.08. The molecule has 2 heteroatoms. The van der Waals surface area contributed by atoms with Crippen molar-refractivity contribution in [3.8, 4) is 0 Å². The Morgan fingerprint density at radius 2 is 1.29 bits per heavy atom. The molecule has 0 aromatic heterocycles. The average Bonchev–Trinajstić information content (AvgIpc) is 2.62. The van der Waals surface area contributed by atoms with Gasteiger partial charge in [-0.2, -0.15) is 0 Å². The Morgan fingerprint density at radius 1 is 0.708 bits per heavy atom. The first-order valence-corrected chi connectivity index (χ1v) is 8.25. The van der Waals surface area contributed by atoms with Gasteiger partial charge in [-0.1, -0.05) is 78.4 Å². The molecule has 1 heterocycles. The van der Waals surface area contributed by atoms with E-state index in [-0.39, 0.29) is 17.9 Å². The number of carbonyl (C=O) groups excluding carboxylic acids is 1. The van der Waals surface area contributed by atoms with Crippen LogP contribution in [0.15, 0.2) is 84.9 Å². The maximum atomic E-state index is 12.9. The topological polar surface area (TPSA) is 20.3 Å². The summed E-state index contributed by atoms with van der Waals surface area (Å²) in [5, 5.41) is 0. The fourth-order valence-electron chi connectivity index (χ4n) is 3.46. The lowest BCUT2D eigenvalue weighted by Gasteiger charge is -2.47. The first-order valence-electron chi connectivity index (χ1n) is 8.25. The maximum absolute atomic E-state index is 12.9. The molecule has 3 aromatic rings. The van der Waals surface area contributed by atoms with E-state index in [0.717, 1.165) is 11.3 Å². The van der Waals surface area contributed by atoms with Crippen molar-refractivity contribution in [3.05, 3.63) is 102 Å². The number of hydrogen-bond acceptors (Lipinski definition) is 1. The number of benzene rings is 3. The largest absolute Gasteiger partial charge is 0.303 e. The van der Waals surface area contributed by atoms with Crippen molar-refractivity contribution in [3.63, 3.8) is 0 Å². The predicted octanol–water partition coefficient (Wildman–Crippen LogP) is 4.87. The van der Waals surface area contributed by atoms with E-state index in [1.54, 1.807) is 0 Å². The number of aryl methyl sites for hydroxylation is 1. The van der Waals surface area contributed by atoms with Crippen LogP contribution in [0.5, 0.6) is 0 Å². The van der Waals surface area contributed by atoms with Crippen LogP contribution in [-0.2, 0) is 4.79 Å². The van der Waals surface area contributed by atoms with E-state index in [1.807, 2.05) is 65.6 Å². The second-order valence-corrected chi connectivity index (χ2v) is 6.29. The number of amides is 1. The zero-order chi connectivity index (χ0) is 16.5. The monoisotopic (exact) mass is 313 g/mol. The fourth-order valence-corrected chi connectivity index (χ4v) is 3.46. The van der Waals surface area contributed by atoms with Crippen LogP contribution in [0.4, 0.5) is 5.69 Å². The van der Waals surface area contributed by atoms with Crippen LogP contribution >= 0.6 is 0 Å². The average molecular weight is 313 g/mol. The minimum absolute atomic E-state index is 0.0444. The van der Waals surface area contributed by atoms with Crippen LogP contribution in [0.25, 0.3) is 0 Å². The summed E-state index contributed by atoms with van der Waals surface area (Å²) in [4.78, 5) is 14.9. The third kappa shape index (κ3) is 2.41. The molecule has 0 aliphatic carbocycles. The third-order valence-corrected chi connectivity index (χ3v) is 4.71. The zero-order valence-corrected chi connectivity index (χ0v) is 13.6. The number of hydrogen-bond donors (Lipinski definition) is 0.